The Morgan fingerprint density at radius 2 is 2.00 bits per heavy atom. The van der Waals surface area contributed by atoms with Gasteiger partial charge in [-0.15, -0.1) is 0 Å². The molecule has 7 heteroatoms. The van der Waals surface area contributed by atoms with Crippen LogP contribution >= 0.6 is 0 Å². The predicted octanol–water partition coefficient (Wildman–Crippen LogP) is -1.13. The largest absolute Gasteiger partial charge is 0.467 e. The molecule has 1 aromatic heterocycles. The first-order valence-electron chi connectivity index (χ1n) is 5.34. The summed E-state index contributed by atoms with van der Waals surface area (Å²) in [4.78, 5) is 11.2. The molecular formula is C11H17NO6. The number of ether oxygens (including phenoxy) is 1. The van der Waals surface area contributed by atoms with Crippen LogP contribution in [0.1, 0.15) is 16.1 Å². The van der Waals surface area contributed by atoms with E-state index in [1.54, 1.807) is 0 Å². The number of carbonyl (C=O) groups excluding carboxylic acids is 1. The second-order valence-corrected chi connectivity index (χ2v) is 3.90. The number of esters is 1. The van der Waals surface area contributed by atoms with Crippen molar-refractivity contribution in [2.75, 3.05) is 26.9 Å². The zero-order chi connectivity index (χ0) is 13.6. The van der Waals surface area contributed by atoms with Crippen molar-refractivity contribution in [1.82, 2.24) is 5.32 Å². The Balaban J connectivity index is 2.63. The molecule has 18 heavy (non-hydrogen) atoms. The van der Waals surface area contributed by atoms with Crippen LogP contribution in [0.4, 0.5) is 0 Å². The van der Waals surface area contributed by atoms with Gasteiger partial charge in [0.2, 0.25) is 0 Å². The monoisotopic (exact) mass is 259 g/mol. The highest BCUT2D eigenvalue weighted by molar-refractivity contribution is 5.88. The summed E-state index contributed by atoms with van der Waals surface area (Å²) in [7, 11) is 1.27. The van der Waals surface area contributed by atoms with E-state index in [4.69, 9.17) is 19.7 Å². The number of aliphatic hydroxyl groups is 3. The molecule has 1 heterocycles. The first-order valence-corrected chi connectivity index (χ1v) is 5.34. The molecule has 7 nitrogen and oxygen atoms in total. The molecule has 0 aromatic carbocycles. The van der Waals surface area contributed by atoms with Gasteiger partial charge in [-0.25, -0.2) is 4.79 Å². The number of aliphatic hydroxyl groups excluding tert-OH is 3. The maximum absolute atomic E-state index is 11.2. The summed E-state index contributed by atoms with van der Waals surface area (Å²) in [5, 5.41) is 30.1. The minimum atomic E-state index is -1.18. The molecular weight excluding hydrogens is 242 g/mol. The van der Waals surface area contributed by atoms with Gasteiger partial charge in [0.15, 0.2) is 0 Å². The molecule has 0 aliphatic rings. The fourth-order valence-corrected chi connectivity index (χ4v) is 1.29. The van der Waals surface area contributed by atoms with Crippen molar-refractivity contribution in [2.24, 2.45) is 0 Å². The predicted molar refractivity (Wildman–Crippen MR) is 60.9 cm³/mol. The number of nitrogens with one attached hydrogen (secondary N) is 1. The van der Waals surface area contributed by atoms with E-state index in [1.807, 2.05) is 0 Å². The van der Waals surface area contributed by atoms with E-state index in [2.05, 4.69) is 10.1 Å². The number of furan rings is 1. The third-order valence-electron chi connectivity index (χ3n) is 2.62. The minimum Gasteiger partial charge on any atom is -0.467 e. The lowest BCUT2D eigenvalue weighted by Crippen LogP contribution is -2.54. The molecule has 0 saturated carbocycles. The van der Waals surface area contributed by atoms with Gasteiger partial charge in [0.25, 0.3) is 0 Å². The van der Waals surface area contributed by atoms with Crippen molar-refractivity contribution in [3.63, 3.8) is 0 Å². The molecule has 1 aromatic rings. The molecule has 0 bridgehead atoms. The van der Waals surface area contributed by atoms with E-state index in [0.717, 1.165) is 0 Å². The van der Waals surface area contributed by atoms with E-state index in [0.29, 0.717) is 5.76 Å². The maximum atomic E-state index is 11.2. The second-order valence-electron chi connectivity index (χ2n) is 3.90. The van der Waals surface area contributed by atoms with Gasteiger partial charge in [0.1, 0.15) is 12.0 Å². The molecule has 4 N–H and O–H groups in total. The van der Waals surface area contributed by atoms with Gasteiger partial charge in [-0.05, 0) is 6.07 Å². The van der Waals surface area contributed by atoms with E-state index < -0.39 is 31.3 Å². The summed E-state index contributed by atoms with van der Waals surface area (Å²) in [6, 6.07) is 1.48. The third-order valence-corrected chi connectivity index (χ3v) is 2.62. The van der Waals surface area contributed by atoms with Gasteiger partial charge < -0.3 is 24.5 Å². The van der Waals surface area contributed by atoms with Crippen LogP contribution in [0.2, 0.25) is 0 Å². The first kappa shape index (κ1) is 14.7. The molecule has 0 spiro atoms. The van der Waals surface area contributed by atoms with Crippen molar-refractivity contribution in [1.29, 1.82) is 0 Å². The summed E-state index contributed by atoms with van der Waals surface area (Å²) in [6.45, 7) is -1.13. The fourth-order valence-electron chi connectivity index (χ4n) is 1.29. The lowest BCUT2D eigenvalue weighted by Gasteiger charge is -2.28. The Labute approximate surface area is 104 Å². The van der Waals surface area contributed by atoms with Crippen LogP contribution in [0.5, 0.6) is 0 Å². The minimum absolute atomic E-state index is 0.151. The number of hydrogen-bond acceptors (Lipinski definition) is 7. The maximum Gasteiger partial charge on any atom is 0.341 e. The standard InChI is InChI=1S/C11H17NO6/c1-17-10(16)8-2-9(18-4-8)3-12-11(5-13,6-14)7-15/h2,4,12-15H,3,5-7H2,1H3. The zero-order valence-corrected chi connectivity index (χ0v) is 10.0. The SMILES string of the molecule is COC(=O)c1coc(CNC(CO)(CO)CO)c1. The lowest BCUT2D eigenvalue weighted by atomic mass is 10.0. The van der Waals surface area contributed by atoms with Crippen molar-refractivity contribution in [2.45, 2.75) is 12.1 Å². The molecule has 0 amide bonds. The van der Waals surface area contributed by atoms with Gasteiger partial charge in [-0.3, -0.25) is 5.32 Å². The van der Waals surface area contributed by atoms with E-state index >= 15 is 0 Å². The quantitative estimate of drug-likeness (QED) is 0.458. The summed E-state index contributed by atoms with van der Waals surface area (Å²) >= 11 is 0. The average molecular weight is 259 g/mol. The van der Waals surface area contributed by atoms with Crippen molar-refractivity contribution >= 4 is 5.97 Å². The zero-order valence-electron chi connectivity index (χ0n) is 10.0. The Hall–Kier alpha value is -1.41. The van der Waals surface area contributed by atoms with Crippen LogP contribution in [-0.2, 0) is 11.3 Å². The van der Waals surface area contributed by atoms with E-state index in [1.165, 1.54) is 19.4 Å². The number of carbonyl (C=O) groups is 1. The van der Waals surface area contributed by atoms with Crippen molar-refractivity contribution < 1.29 is 29.3 Å². The molecule has 0 fully saturated rings. The molecule has 0 radical (unpaired) electrons. The Kier molecular flexibility index (Phi) is 5.29. The van der Waals surface area contributed by atoms with Gasteiger partial charge in [-0.1, -0.05) is 0 Å². The molecule has 0 saturated heterocycles. The van der Waals surface area contributed by atoms with Crippen LogP contribution in [0.15, 0.2) is 16.7 Å². The number of rotatable bonds is 7. The molecule has 0 aliphatic heterocycles. The molecule has 0 unspecified atom stereocenters. The molecule has 0 atom stereocenters. The van der Waals surface area contributed by atoms with Crippen LogP contribution in [-0.4, -0.2) is 53.8 Å². The highest BCUT2D eigenvalue weighted by Crippen LogP contribution is 2.11. The number of methoxy groups -OCH3 is 1. The smallest absolute Gasteiger partial charge is 0.341 e. The summed E-state index contributed by atoms with van der Waals surface area (Å²) in [6.07, 6.45) is 1.25. The topological polar surface area (TPSA) is 112 Å². The van der Waals surface area contributed by atoms with Crippen LogP contribution in [0.3, 0.4) is 0 Å². The van der Waals surface area contributed by atoms with Gasteiger partial charge >= 0.3 is 5.97 Å². The Bertz CT molecular complexity index is 376. The Morgan fingerprint density at radius 1 is 1.39 bits per heavy atom. The molecule has 1 rings (SSSR count). The first-order chi connectivity index (χ1) is 8.60. The van der Waals surface area contributed by atoms with Crippen molar-refractivity contribution in [3.05, 3.63) is 23.7 Å². The summed E-state index contributed by atoms with van der Waals surface area (Å²) < 4.78 is 9.63. The van der Waals surface area contributed by atoms with Crippen LogP contribution < -0.4 is 5.32 Å². The van der Waals surface area contributed by atoms with E-state index in [9.17, 15) is 4.79 Å². The van der Waals surface area contributed by atoms with Crippen LogP contribution in [0, 0.1) is 0 Å². The van der Waals surface area contributed by atoms with E-state index in [-0.39, 0.29) is 12.1 Å². The average Bonchev–Trinajstić information content (AvgIpc) is 2.89. The third kappa shape index (κ3) is 3.30. The van der Waals surface area contributed by atoms with Gasteiger partial charge in [0, 0.05) is 0 Å². The normalized spacial score (nSPS) is 11.6. The molecule has 102 valence electrons. The highest BCUT2D eigenvalue weighted by atomic mass is 16.5. The summed E-state index contributed by atoms with van der Waals surface area (Å²) in [5.41, 5.74) is -0.907. The highest BCUT2D eigenvalue weighted by Gasteiger charge is 2.27. The summed E-state index contributed by atoms with van der Waals surface area (Å²) in [5.74, 6) is -0.0853. The second kappa shape index (κ2) is 6.50. The van der Waals surface area contributed by atoms with Gasteiger partial charge in [-0.2, -0.15) is 0 Å². The Morgan fingerprint density at radius 3 is 2.50 bits per heavy atom. The lowest BCUT2D eigenvalue weighted by molar-refractivity contribution is 0.0402. The number of hydrogen-bond donors (Lipinski definition) is 4. The fraction of sp³-hybridized carbons (Fsp3) is 0.545. The van der Waals surface area contributed by atoms with Crippen LogP contribution in [0.25, 0.3) is 0 Å². The molecule has 0 aliphatic carbocycles. The van der Waals surface area contributed by atoms with Crippen molar-refractivity contribution in [3.8, 4) is 0 Å². The van der Waals surface area contributed by atoms with Gasteiger partial charge in [0.05, 0.1) is 44.6 Å².